The molecule has 2 N–H and O–H groups in total. The molecule has 1 heterocycles. The number of ether oxygens (including phenoxy) is 2. The average molecular weight is 499 g/mol. The van der Waals surface area contributed by atoms with Crippen LogP contribution >= 0.6 is 35.1 Å². The van der Waals surface area contributed by atoms with Crippen molar-refractivity contribution in [3.8, 4) is 0 Å². The maximum atomic E-state index is 12.6. The summed E-state index contributed by atoms with van der Waals surface area (Å²) in [6.07, 6.45) is 2.93. The zero-order chi connectivity index (χ0) is 23.6. The van der Waals surface area contributed by atoms with E-state index >= 15 is 0 Å². The fraction of sp³-hybridized carbons (Fsp3) is 0.409. The zero-order valence-corrected chi connectivity index (χ0v) is 20.2. The Labute approximate surface area is 201 Å². The summed E-state index contributed by atoms with van der Waals surface area (Å²) in [5, 5.41) is 6.40. The molecule has 0 bridgehead atoms. The van der Waals surface area contributed by atoms with Crippen LogP contribution in [0.3, 0.4) is 0 Å². The van der Waals surface area contributed by atoms with Gasteiger partial charge in [-0.05, 0) is 30.2 Å². The molecule has 2 rings (SSSR count). The third-order valence-electron chi connectivity index (χ3n) is 4.52. The summed E-state index contributed by atoms with van der Waals surface area (Å²) >= 11 is 8.87. The SMILES string of the molecule is C=CCOC(=O)NCc1cc(SC[C@@H]2C[C@@](SC(C)=O)(C(=O)OCC=C)CN2)ccc1Cl. The highest BCUT2D eigenvalue weighted by molar-refractivity contribution is 8.15. The van der Waals surface area contributed by atoms with Crippen LogP contribution in [0.25, 0.3) is 0 Å². The van der Waals surface area contributed by atoms with Crippen LogP contribution in [0, 0.1) is 0 Å². The van der Waals surface area contributed by atoms with Gasteiger partial charge < -0.3 is 20.1 Å². The largest absolute Gasteiger partial charge is 0.460 e. The van der Waals surface area contributed by atoms with Crippen LogP contribution < -0.4 is 10.6 Å². The number of thioether (sulfide) groups is 2. The molecular weight excluding hydrogens is 472 g/mol. The Morgan fingerprint density at radius 3 is 2.69 bits per heavy atom. The number of carbonyl (C=O) groups excluding carboxylic acids is 3. The number of benzene rings is 1. The monoisotopic (exact) mass is 498 g/mol. The van der Waals surface area contributed by atoms with Gasteiger partial charge in [-0.25, -0.2) is 4.79 Å². The van der Waals surface area contributed by atoms with Gasteiger partial charge in [0.1, 0.15) is 18.0 Å². The molecule has 1 saturated heterocycles. The minimum absolute atomic E-state index is 0.0225. The predicted molar refractivity (Wildman–Crippen MR) is 129 cm³/mol. The van der Waals surface area contributed by atoms with Crippen LogP contribution in [-0.4, -0.2) is 53.5 Å². The van der Waals surface area contributed by atoms with E-state index in [4.69, 9.17) is 21.1 Å². The number of esters is 1. The fourth-order valence-corrected chi connectivity index (χ4v) is 5.45. The van der Waals surface area contributed by atoms with Gasteiger partial charge in [-0.3, -0.25) is 9.59 Å². The van der Waals surface area contributed by atoms with E-state index in [0.29, 0.717) is 23.7 Å². The smallest absolute Gasteiger partial charge is 0.407 e. The van der Waals surface area contributed by atoms with E-state index in [1.807, 2.05) is 12.1 Å². The highest BCUT2D eigenvalue weighted by atomic mass is 35.5. The summed E-state index contributed by atoms with van der Waals surface area (Å²) in [5.74, 6) is 0.283. The second-order valence-corrected chi connectivity index (χ2v) is 10.1. The normalized spacial score (nSPS) is 19.8. The molecule has 1 aromatic rings. The number of amides is 1. The van der Waals surface area contributed by atoms with Gasteiger partial charge in [0.2, 0.25) is 0 Å². The molecular formula is C22H27ClN2O5S2. The molecule has 1 fully saturated rings. The van der Waals surface area contributed by atoms with Gasteiger partial charge in [-0.2, -0.15) is 0 Å². The number of rotatable bonds is 11. The fourth-order valence-electron chi connectivity index (χ4n) is 3.11. The molecule has 0 spiro atoms. The molecule has 0 radical (unpaired) electrons. The molecule has 32 heavy (non-hydrogen) atoms. The van der Waals surface area contributed by atoms with E-state index in [1.165, 1.54) is 19.1 Å². The van der Waals surface area contributed by atoms with Crippen LogP contribution in [0.4, 0.5) is 4.79 Å². The van der Waals surface area contributed by atoms with E-state index in [9.17, 15) is 14.4 Å². The lowest BCUT2D eigenvalue weighted by molar-refractivity contribution is -0.145. The summed E-state index contributed by atoms with van der Waals surface area (Å²) in [5.41, 5.74) is 0.765. The molecule has 1 aromatic carbocycles. The first-order valence-corrected chi connectivity index (χ1v) is 12.1. The molecule has 1 amide bonds. The molecule has 1 aliphatic rings. The van der Waals surface area contributed by atoms with Crippen LogP contribution in [-0.2, 0) is 25.6 Å². The van der Waals surface area contributed by atoms with Crippen molar-refractivity contribution in [3.05, 3.63) is 54.1 Å². The van der Waals surface area contributed by atoms with Gasteiger partial charge in [0.05, 0.1) is 0 Å². The minimum Gasteiger partial charge on any atom is -0.460 e. The van der Waals surface area contributed by atoms with Crippen LogP contribution in [0.5, 0.6) is 0 Å². The van der Waals surface area contributed by atoms with E-state index < -0.39 is 16.8 Å². The summed E-state index contributed by atoms with van der Waals surface area (Å²) < 4.78 is 9.21. The van der Waals surface area contributed by atoms with Gasteiger partial charge in [0.25, 0.3) is 0 Å². The van der Waals surface area contributed by atoms with E-state index in [1.54, 1.807) is 17.8 Å². The van der Waals surface area contributed by atoms with Crippen molar-refractivity contribution in [1.29, 1.82) is 0 Å². The van der Waals surface area contributed by atoms with E-state index in [0.717, 1.165) is 22.2 Å². The Balaban J connectivity index is 1.96. The van der Waals surface area contributed by atoms with Gasteiger partial charge in [-0.15, -0.1) is 11.8 Å². The number of alkyl carbamates (subject to hydrolysis) is 1. The van der Waals surface area contributed by atoms with Crippen molar-refractivity contribution in [1.82, 2.24) is 10.6 Å². The predicted octanol–water partition coefficient (Wildman–Crippen LogP) is 3.95. The number of carbonyl (C=O) groups is 3. The number of hydrogen-bond donors (Lipinski definition) is 2. The van der Waals surface area contributed by atoms with Crippen molar-refractivity contribution in [3.63, 3.8) is 0 Å². The maximum absolute atomic E-state index is 12.6. The van der Waals surface area contributed by atoms with Crippen LogP contribution in [0.2, 0.25) is 5.02 Å². The Kier molecular flexibility index (Phi) is 10.6. The van der Waals surface area contributed by atoms with E-state index in [-0.39, 0.29) is 30.9 Å². The Morgan fingerprint density at radius 2 is 2.00 bits per heavy atom. The van der Waals surface area contributed by atoms with Crippen molar-refractivity contribution in [2.75, 3.05) is 25.5 Å². The van der Waals surface area contributed by atoms with Gasteiger partial charge >= 0.3 is 12.1 Å². The molecule has 0 saturated carbocycles. The first-order chi connectivity index (χ1) is 15.3. The van der Waals surface area contributed by atoms with Gasteiger partial charge in [0, 0.05) is 41.7 Å². The number of nitrogens with one attached hydrogen (secondary N) is 2. The molecule has 7 nitrogen and oxygen atoms in total. The van der Waals surface area contributed by atoms with Crippen molar-refractivity contribution >= 4 is 52.3 Å². The molecule has 0 aromatic heterocycles. The average Bonchev–Trinajstić information content (AvgIpc) is 3.17. The second kappa shape index (κ2) is 12.9. The first-order valence-electron chi connectivity index (χ1n) is 9.93. The Bertz CT molecular complexity index is 867. The van der Waals surface area contributed by atoms with Crippen LogP contribution in [0.1, 0.15) is 18.9 Å². The molecule has 2 atom stereocenters. The lowest BCUT2D eigenvalue weighted by Crippen LogP contribution is -2.40. The molecule has 10 heteroatoms. The standard InChI is InChI=1S/C22H27ClN2O5S2/c1-4-8-29-20(27)22(32-15(3)26)11-17(25-14-22)13-31-18-6-7-19(23)16(10-18)12-24-21(28)30-9-5-2/h4-7,10,17,25H,1-2,8-9,11-14H2,3H3,(H,24,28)/t17-,22-/m0/s1. The summed E-state index contributed by atoms with van der Waals surface area (Å²) in [7, 11) is 0. The second-order valence-electron chi connectivity index (χ2n) is 7.06. The third-order valence-corrected chi connectivity index (χ3v) is 7.20. The first kappa shape index (κ1) is 26.3. The van der Waals surface area contributed by atoms with Crippen molar-refractivity contribution < 1.29 is 23.9 Å². The topological polar surface area (TPSA) is 93.7 Å². The lowest BCUT2D eigenvalue weighted by atomic mass is 10.1. The number of hydrogen-bond acceptors (Lipinski definition) is 8. The molecule has 0 aliphatic carbocycles. The zero-order valence-electron chi connectivity index (χ0n) is 17.9. The molecule has 0 unspecified atom stereocenters. The van der Waals surface area contributed by atoms with Crippen molar-refractivity contribution in [2.24, 2.45) is 0 Å². The quantitative estimate of drug-likeness (QED) is 0.269. The van der Waals surface area contributed by atoms with Gasteiger partial charge in [0.15, 0.2) is 5.12 Å². The minimum atomic E-state index is -0.930. The highest BCUT2D eigenvalue weighted by Crippen LogP contribution is 2.37. The Hall–Kier alpha value is -1.94. The van der Waals surface area contributed by atoms with E-state index in [2.05, 4.69) is 23.8 Å². The molecule has 174 valence electrons. The lowest BCUT2D eigenvalue weighted by Gasteiger charge is -2.23. The van der Waals surface area contributed by atoms with Crippen LogP contribution in [0.15, 0.2) is 48.4 Å². The summed E-state index contributed by atoms with van der Waals surface area (Å²) in [4.78, 5) is 36.9. The maximum Gasteiger partial charge on any atom is 0.407 e. The van der Waals surface area contributed by atoms with Gasteiger partial charge in [-0.1, -0.05) is 48.7 Å². The summed E-state index contributed by atoms with van der Waals surface area (Å²) in [6, 6.07) is 5.61. The highest BCUT2D eigenvalue weighted by Gasteiger charge is 2.48. The molecule has 1 aliphatic heterocycles. The number of halogens is 1. The third kappa shape index (κ3) is 7.88. The summed E-state index contributed by atoms with van der Waals surface area (Å²) in [6.45, 7) is 9.34. The Morgan fingerprint density at radius 1 is 1.28 bits per heavy atom. The van der Waals surface area contributed by atoms with Crippen molar-refractivity contribution in [2.45, 2.75) is 35.6 Å².